The normalized spacial score (nSPS) is 10.5. The first-order valence-electron chi connectivity index (χ1n) is 9.91. The van der Waals surface area contributed by atoms with Crippen LogP contribution in [-0.2, 0) is 6.61 Å². The quantitative estimate of drug-likeness (QED) is 0.423. The Morgan fingerprint density at radius 3 is 2.32 bits per heavy atom. The molecule has 0 saturated carbocycles. The van der Waals surface area contributed by atoms with E-state index in [0.717, 1.165) is 22.1 Å². The lowest BCUT2D eigenvalue weighted by Gasteiger charge is -2.14. The molecule has 156 valence electrons. The van der Waals surface area contributed by atoms with E-state index in [1.54, 1.807) is 44.6 Å². The van der Waals surface area contributed by atoms with Crippen molar-refractivity contribution in [3.05, 3.63) is 96.1 Å². The molecule has 5 heteroatoms. The number of ether oxygens (including phenoxy) is 3. The van der Waals surface area contributed by atoms with Crippen LogP contribution in [0.15, 0.2) is 84.9 Å². The SMILES string of the molecule is COc1ccc(C(=O)Nc2ccccc2OC)cc1COc1cccc2ccccc12. The van der Waals surface area contributed by atoms with E-state index in [4.69, 9.17) is 14.2 Å². The predicted molar refractivity (Wildman–Crippen MR) is 122 cm³/mol. The Morgan fingerprint density at radius 1 is 0.774 bits per heavy atom. The molecule has 0 fully saturated rings. The van der Waals surface area contributed by atoms with Gasteiger partial charge in [-0.05, 0) is 41.8 Å². The largest absolute Gasteiger partial charge is 0.496 e. The van der Waals surface area contributed by atoms with Crippen molar-refractivity contribution in [2.24, 2.45) is 0 Å². The summed E-state index contributed by atoms with van der Waals surface area (Å²) >= 11 is 0. The molecule has 0 aliphatic carbocycles. The second-order valence-electron chi connectivity index (χ2n) is 6.95. The standard InChI is InChI=1S/C26H23NO4/c1-29-23-15-14-19(26(28)27-22-11-5-6-12-25(22)30-2)16-20(23)17-31-24-13-7-9-18-8-3-4-10-21(18)24/h3-16H,17H2,1-2H3,(H,27,28). The lowest BCUT2D eigenvalue weighted by molar-refractivity contribution is 0.102. The molecule has 5 nitrogen and oxygen atoms in total. The molecule has 0 spiro atoms. The summed E-state index contributed by atoms with van der Waals surface area (Å²) in [5, 5.41) is 5.04. The number of para-hydroxylation sites is 2. The van der Waals surface area contributed by atoms with Crippen molar-refractivity contribution in [2.75, 3.05) is 19.5 Å². The summed E-state index contributed by atoms with van der Waals surface area (Å²) in [6.07, 6.45) is 0. The highest BCUT2D eigenvalue weighted by Crippen LogP contribution is 2.29. The summed E-state index contributed by atoms with van der Waals surface area (Å²) in [5.41, 5.74) is 1.89. The summed E-state index contributed by atoms with van der Waals surface area (Å²) in [7, 11) is 3.17. The van der Waals surface area contributed by atoms with Gasteiger partial charge in [0.15, 0.2) is 0 Å². The number of anilines is 1. The molecule has 0 heterocycles. The molecule has 31 heavy (non-hydrogen) atoms. The first-order chi connectivity index (χ1) is 15.2. The maximum Gasteiger partial charge on any atom is 0.255 e. The van der Waals surface area contributed by atoms with Gasteiger partial charge in [-0.2, -0.15) is 0 Å². The zero-order chi connectivity index (χ0) is 21.6. The molecule has 4 aromatic carbocycles. The Bertz CT molecular complexity index is 1210. The minimum Gasteiger partial charge on any atom is -0.496 e. The van der Waals surface area contributed by atoms with Gasteiger partial charge in [-0.25, -0.2) is 0 Å². The van der Waals surface area contributed by atoms with Crippen molar-refractivity contribution >= 4 is 22.4 Å². The molecule has 1 N–H and O–H groups in total. The number of nitrogens with one attached hydrogen (secondary N) is 1. The third kappa shape index (κ3) is 4.46. The topological polar surface area (TPSA) is 56.8 Å². The average Bonchev–Trinajstić information content (AvgIpc) is 2.82. The van der Waals surface area contributed by atoms with Gasteiger partial charge in [0.2, 0.25) is 0 Å². The monoisotopic (exact) mass is 413 g/mol. The third-order valence-electron chi connectivity index (χ3n) is 5.03. The number of hydrogen-bond donors (Lipinski definition) is 1. The van der Waals surface area contributed by atoms with Crippen molar-refractivity contribution in [3.8, 4) is 17.2 Å². The van der Waals surface area contributed by atoms with Crippen LogP contribution in [0.1, 0.15) is 15.9 Å². The molecule has 1 amide bonds. The number of rotatable bonds is 7. The zero-order valence-electron chi connectivity index (χ0n) is 17.4. The van der Waals surface area contributed by atoms with Gasteiger partial charge >= 0.3 is 0 Å². The number of fused-ring (bicyclic) bond motifs is 1. The number of carbonyl (C=O) groups excluding carboxylic acids is 1. The van der Waals surface area contributed by atoms with E-state index in [9.17, 15) is 4.79 Å². The van der Waals surface area contributed by atoms with Crippen LogP contribution in [0, 0.1) is 0 Å². The van der Waals surface area contributed by atoms with Crippen molar-refractivity contribution in [1.82, 2.24) is 0 Å². The fraction of sp³-hybridized carbons (Fsp3) is 0.115. The Morgan fingerprint density at radius 2 is 1.48 bits per heavy atom. The van der Waals surface area contributed by atoms with Crippen LogP contribution in [0.2, 0.25) is 0 Å². The van der Waals surface area contributed by atoms with Crippen LogP contribution in [-0.4, -0.2) is 20.1 Å². The highest BCUT2D eigenvalue weighted by atomic mass is 16.5. The molecule has 0 unspecified atom stereocenters. The van der Waals surface area contributed by atoms with E-state index in [1.807, 2.05) is 54.6 Å². The highest BCUT2D eigenvalue weighted by Gasteiger charge is 2.13. The van der Waals surface area contributed by atoms with Crippen LogP contribution in [0.5, 0.6) is 17.2 Å². The first-order valence-corrected chi connectivity index (χ1v) is 9.91. The third-order valence-corrected chi connectivity index (χ3v) is 5.03. The molecule has 0 aliphatic heterocycles. The molecular formula is C26H23NO4. The molecule has 0 radical (unpaired) electrons. The van der Waals surface area contributed by atoms with Crippen LogP contribution in [0.3, 0.4) is 0 Å². The van der Waals surface area contributed by atoms with Gasteiger partial charge in [0.05, 0.1) is 19.9 Å². The van der Waals surface area contributed by atoms with Crippen molar-refractivity contribution in [2.45, 2.75) is 6.61 Å². The predicted octanol–water partition coefficient (Wildman–Crippen LogP) is 5.69. The first kappa shape index (κ1) is 20.3. The molecule has 0 saturated heterocycles. The van der Waals surface area contributed by atoms with Gasteiger partial charge in [0.25, 0.3) is 5.91 Å². The molecule has 0 aromatic heterocycles. The molecule has 4 rings (SSSR count). The summed E-state index contributed by atoms with van der Waals surface area (Å²) in [5.74, 6) is 1.81. The summed E-state index contributed by atoms with van der Waals surface area (Å²) in [6, 6.07) is 26.6. The minimum atomic E-state index is -0.237. The van der Waals surface area contributed by atoms with Crippen LogP contribution < -0.4 is 19.5 Å². The van der Waals surface area contributed by atoms with E-state index in [1.165, 1.54) is 0 Å². The minimum absolute atomic E-state index is 0.237. The van der Waals surface area contributed by atoms with E-state index >= 15 is 0 Å². The van der Waals surface area contributed by atoms with Crippen molar-refractivity contribution < 1.29 is 19.0 Å². The fourth-order valence-electron chi connectivity index (χ4n) is 3.45. The van der Waals surface area contributed by atoms with Gasteiger partial charge in [0, 0.05) is 16.5 Å². The highest BCUT2D eigenvalue weighted by molar-refractivity contribution is 6.05. The van der Waals surface area contributed by atoms with Crippen molar-refractivity contribution in [3.63, 3.8) is 0 Å². The Labute approximate surface area is 181 Å². The number of methoxy groups -OCH3 is 2. The van der Waals surface area contributed by atoms with Gasteiger partial charge < -0.3 is 19.5 Å². The van der Waals surface area contributed by atoms with Crippen LogP contribution >= 0.6 is 0 Å². The van der Waals surface area contributed by atoms with Crippen LogP contribution in [0.25, 0.3) is 10.8 Å². The van der Waals surface area contributed by atoms with E-state index < -0.39 is 0 Å². The zero-order valence-corrected chi connectivity index (χ0v) is 17.4. The van der Waals surface area contributed by atoms with Gasteiger partial charge in [-0.15, -0.1) is 0 Å². The maximum atomic E-state index is 12.8. The molecule has 4 aromatic rings. The number of benzene rings is 4. The Hall–Kier alpha value is -3.99. The van der Waals surface area contributed by atoms with E-state index in [-0.39, 0.29) is 12.5 Å². The second kappa shape index (κ2) is 9.22. The number of hydrogen-bond acceptors (Lipinski definition) is 4. The Balaban J connectivity index is 1.56. The van der Waals surface area contributed by atoms with Gasteiger partial charge in [-0.3, -0.25) is 4.79 Å². The molecule has 0 bridgehead atoms. The lowest BCUT2D eigenvalue weighted by atomic mass is 10.1. The number of amides is 1. The summed E-state index contributed by atoms with van der Waals surface area (Å²) in [4.78, 5) is 12.8. The summed E-state index contributed by atoms with van der Waals surface area (Å²) in [6.45, 7) is 0.271. The van der Waals surface area contributed by atoms with Gasteiger partial charge in [-0.1, -0.05) is 48.5 Å². The maximum absolute atomic E-state index is 12.8. The smallest absolute Gasteiger partial charge is 0.255 e. The fourth-order valence-corrected chi connectivity index (χ4v) is 3.45. The van der Waals surface area contributed by atoms with E-state index in [2.05, 4.69) is 5.32 Å². The average molecular weight is 413 g/mol. The lowest BCUT2D eigenvalue weighted by Crippen LogP contribution is -2.13. The summed E-state index contributed by atoms with van der Waals surface area (Å²) < 4.78 is 16.9. The molecule has 0 aliphatic rings. The van der Waals surface area contributed by atoms with Crippen molar-refractivity contribution in [1.29, 1.82) is 0 Å². The molecule has 0 atom stereocenters. The Kier molecular flexibility index (Phi) is 6.03. The van der Waals surface area contributed by atoms with Crippen LogP contribution in [0.4, 0.5) is 5.69 Å². The van der Waals surface area contributed by atoms with Gasteiger partial charge in [0.1, 0.15) is 23.9 Å². The second-order valence-corrected chi connectivity index (χ2v) is 6.95. The molecular weight excluding hydrogens is 390 g/mol. The number of carbonyl (C=O) groups is 1. The van der Waals surface area contributed by atoms with E-state index in [0.29, 0.717) is 22.7 Å².